The maximum Gasteiger partial charge on any atom is 0.326 e. The number of hydrogen-bond acceptors (Lipinski definition) is 3. The van der Waals surface area contributed by atoms with Crippen LogP contribution in [0.4, 0.5) is 4.79 Å². The number of likely N-dealkylation sites (tertiary alicyclic amines) is 2. The number of halogens is 1. The van der Waals surface area contributed by atoms with Crippen LogP contribution < -0.4 is 5.32 Å². The second kappa shape index (κ2) is 9.15. The van der Waals surface area contributed by atoms with E-state index in [2.05, 4.69) is 36.2 Å². The van der Waals surface area contributed by atoms with Gasteiger partial charge >= 0.3 is 12.0 Å². The average molecular weight is 436 g/mol. The van der Waals surface area contributed by atoms with Gasteiger partial charge in [-0.05, 0) is 50.3 Å². The molecular weight excluding hydrogens is 402 g/mol. The molecule has 2 amide bonds. The van der Waals surface area contributed by atoms with E-state index in [1.807, 2.05) is 26.0 Å². The van der Waals surface area contributed by atoms with E-state index < -0.39 is 12.0 Å². The zero-order valence-electron chi connectivity index (χ0n) is 18.4. The van der Waals surface area contributed by atoms with Crippen LogP contribution in [0.1, 0.15) is 58.6 Å². The lowest BCUT2D eigenvalue weighted by Crippen LogP contribution is -2.64. The Hall–Kier alpha value is -1.79. The number of hydrogen-bond donors (Lipinski definition) is 2. The minimum Gasteiger partial charge on any atom is -0.480 e. The van der Waals surface area contributed by atoms with Crippen molar-refractivity contribution in [2.75, 3.05) is 19.6 Å². The highest BCUT2D eigenvalue weighted by molar-refractivity contribution is 6.30. The minimum atomic E-state index is -0.972. The van der Waals surface area contributed by atoms with E-state index in [9.17, 15) is 14.7 Å². The smallest absolute Gasteiger partial charge is 0.326 e. The number of carbonyl (C=O) groups is 2. The molecule has 30 heavy (non-hydrogen) atoms. The Labute approximate surface area is 184 Å². The molecule has 1 aromatic rings. The second-order valence-electron chi connectivity index (χ2n) is 9.22. The third-order valence-electron chi connectivity index (χ3n) is 7.06. The molecule has 7 heteroatoms. The largest absolute Gasteiger partial charge is 0.480 e. The summed E-state index contributed by atoms with van der Waals surface area (Å²) in [5.74, 6) is -1.08. The van der Waals surface area contributed by atoms with Gasteiger partial charge in [-0.1, -0.05) is 44.0 Å². The van der Waals surface area contributed by atoms with E-state index in [-0.39, 0.29) is 17.4 Å². The Morgan fingerprint density at radius 2 is 1.80 bits per heavy atom. The van der Waals surface area contributed by atoms with Crippen molar-refractivity contribution in [1.82, 2.24) is 15.1 Å². The first kappa shape index (κ1) is 22.9. The lowest BCUT2D eigenvalue weighted by Gasteiger charge is -2.62. The standard InChI is InChI=1S/C23H34ClN3O3/c1-5-16(4)19(21(28)29)25-22(30)26-12-10-23(11-13-26)14-27(15(2)3)20(23)17-6-8-18(24)9-7-17/h6-9,15-16,19-20H,5,10-14H2,1-4H3,(H,25,30)(H,28,29)/t16?,19-,20?/m0/s1. The first-order valence-corrected chi connectivity index (χ1v) is 11.4. The zero-order valence-corrected chi connectivity index (χ0v) is 19.2. The maximum atomic E-state index is 12.7. The molecule has 2 aliphatic rings. The van der Waals surface area contributed by atoms with Crippen LogP contribution >= 0.6 is 11.6 Å². The Kier molecular flexibility index (Phi) is 6.98. The molecule has 2 fully saturated rings. The third-order valence-corrected chi connectivity index (χ3v) is 7.31. The number of rotatable bonds is 6. The van der Waals surface area contributed by atoms with E-state index >= 15 is 0 Å². The van der Waals surface area contributed by atoms with Crippen molar-refractivity contribution in [3.05, 3.63) is 34.9 Å². The summed E-state index contributed by atoms with van der Waals surface area (Å²) in [6.45, 7) is 10.6. The topological polar surface area (TPSA) is 72.9 Å². The molecule has 0 bridgehead atoms. The summed E-state index contributed by atoms with van der Waals surface area (Å²) in [6, 6.07) is 7.80. The van der Waals surface area contributed by atoms with Gasteiger partial charge in [-0.15, -0.1) is 0 Å². The van der Waals surface area contributed by atoms with Gasteiger partial charge in [-0.3, -0.25) is 4.90 Å². The van der Waals surface area contributed by atoms with E-state index in [1.54, 1.807) is 4.90 Å². The molecular formula is C23H34ClN3O3. The summed E-state index contributed by atoms with van der Waals surface area (Å²) in [5.41, 5.74) is 1.43. The summed E-state index contributed by atoms with van der Waals surface area (Å²) in [5, 5.41) is 12.9. The number of aliphatic carboxylic acids is 1. The van der Waals surface area contributed by atoms with Crippen LogP contribution in [0.2, 0.25) is 5.02 Å². The first-order chi connectivity index (χ1) is 14.2. The summed E-state index contributed by atoms with van der Waals surface area (Å²) < 4.78 is 0. The molecule has 166 valence electrons. The SMILES string of the molecule is CCC(C)[C@H](NC(=O)N1CCC2(CC1)CN(C(C)C)C2c1ccc(Cl)cc1)C(=O)O. The van der Waals surface area contributed by atoms with E-state index in [1.165, 1.54) is 5.56 Å². The monoisotopic (exact) mass is 435 g/mol. The lowest BCUT2D eigenvalue weighted by atomic mass is 9.62. The van der Waals surface area contributed by atoms with Crippen molar-refractivity contribution < 1.29 is 14.7 Å². The number of nitrogens with zero attached hydrogens (tertiary/aromatic N) is 2. The Morgan fingerprint density at radius 1 is 1.20 bits per heavy atom. The van der Waals surface area contributed by atoms with E-state index in [0.29, 0.717) is 31.6 Å². The highest BCUT2D eigenvalue weighted by Gasteiger charge is 2.54. The van der Waals surface area contributed by atoms with Gasteiger partial charge in [0.25, 0.3) is 0 Å². The van der Waals surface area contributed by atoms with Crippen molar-refractivity contribution in [3.8, 4) is 0 Å². The third kappa shape index (κ3) is 4.45. The Balaban J connectivity index is 1.68. The number of benzene rings is 1. The minimum absolute atomic E-state index is 0.108. The van der Waals surface area contributed by atoms with Gasteiger partial charge < -0.3 is 15.3 Å². The normalized spacial score (nSPS) is 23.1. The number of carboxylic acids is 1. The quantitative estimate of drug-likeness (QED) is 0.694. The van der Waals surface area contributed by atoms with Crippen molar-refractivity contribution in [2.45, 2.75) is 65.1 Å². The van der Waals surface area contributed by atoms with Gasteiger partial charge in [0.2, 0.25) is 0 Å². The fraction of sp³-hybridized carbons (Fsp3) is 0.652. The predicted molar refractivity (Wildman–Crippen MR) is 119 cm³/mol. The van der Waals surface area contributed by atoms with Gasteiger partial charge in [0.1, 0.15) is 6.04 Å². The van der Waals surface area contributed by atoms with Crippen molar-refractivity contribution in [2.24, 2.45) is 11.3 Å². The Morgan fingerprint density at radius 3 is 2.30 bits per heavy atom. The molecule has 0 aromatic heterocycles. The van der Waals surface area contributed by atoms with Crippen LogP contribution in [0.5, 0.6) is 0 Å². The van der Waals surface area contributed by atoms with Crippen LogP contribution in [-0.4, -0.2) is 58.6 Å². The zero-order chi connectivity index (χ0) is 22.1. The second-order valence-corrected chi connectivity index (χ2v) is 9.66. The van der Waals surface area contributed by atoms with Crippen molar-refractivity contribution in [3.63, 3.8) is 0 Å². The highest BCUT2D eigenvalue weighted by atomic mass is 35.5. The van der Waals surface area contributed by atoms with Crippen LogP contribution in [0.25, 0.3) is 0 Å². The van der Waals surface area contributed by atoms with Gasteiger partial charge in [0.05, 0.1) is 0 Å². The molecule has 0 radical (unpaired) electrons. The number of urea groups is 1. The molecule has 0 aliphatic carbocycles. The molecule has 2 saturated heterocycles. The molecule has 2 unspecified atom stereocenters. The fourth-order valence-electron chi connectivity index (χ4n) is 4.95. The fourth-order valence-corrected chi connectivity index (χ4v) is 5.07. The molecule has 2 N–H and O–H groups in total. The van der Waals surface area contributed by atoms with Crippen molar-refractivity contribution >= 4 is 23.6 Å². The van der Waals surface area contributed by atoms with E-state index in [0.717, 1.165) is 24.4 Å². The highest BCUT2D eigenvalue weighted by Crippen LogP contribution is 2.55. The number of carbonyl (C=O) groups excluding carboxylic acids is 1. The molecule has 1 aromatic carbocycles. The summed E-state index contributed by atoms with van der Waals surface area (Å²) >= 11 is 6.10. The van der Waals surface area contributed by atoms with Crippen molar-refractivity contribution in [1.29, 1.82) is 0 Å². The number of piperidine rings is 1. The maximum absolute atomic E-state index is 12.7. The van der Waals surface area contributed by atoms with E-state index in [4.69, 9.17) is 11.6 Å². The first-order valence-electron chi connectivity index (χ1n) is 11.0. The van der Waals surface area contributed by atoms with Crippen LogP contribution in [0, 0.1) is 11.3 Å². The van der Waals surface area contributed by atoms with Gasteiger partial charge in [0.15, 0.2) is 0 Å². The molecule has 2 heterocycles. The summed E-state index contributed by atoms with van der Waals surface area (Å²) in [7, 11) is 0. The van der Waals surface area contributed by atoms with Crippen LogP contribution in [0.15, 0.2) is 24.3 Å². The predicted octanol–water partition coefficient (Wildman–Crippen LogP) is 4.40. The van der Waals surface area contributed by atoms with Crippen LogP contribution in [0.3, 0.4) is 0 Å². The molecule has 2 aliphatic heterocycles. The summed E-state index contributed by atoms with van der Waals surface area (Å²) in [6.07, 6.45) is 2.53. The number of amides is 2. The van der Waals surface area contributed by atoms with Gasteiger partial charge in [-0.2, -0.15) is 0 Å². The summed E-state index contributed by atoms with van der Waals surface area (Å²) in [4.78, 5) is 28.6. The number of nitrogens with one attached hydrogen (secondary N) is 1. The molecule has 0 saturated carbocycles. The van der Waals surface area contributed by atoms with Crippen LogP contribution in [-0.2, 0) is 4.79 Å². The lowest BCUT2D eigenvalue weighted by molar-refractivity contribution is -0.140. The molecule has 3 rings (SSSR count). The van der Waals surface area contributed by atoms with Gasteiger partial charge in [0, 0.05) is 42.2 Å². The Bertz CT molecular complexity index is 759. The van der Waals surface area contributed by atoms with Gasteiger partial charge in [-0.25, -0.2) is 9.59 Å². The number of carboxylic acid groups (broad SMARTS) is 1. The average Bonchev–Trinajstić information content (AvgIpc) is 2.71. The molecule has 1 spiro atoms. The molecule has 6 nitrogen and oxygen atoms in total. The molecule has 3 atom stereocenters.